The fourth-order valence-corrected chi connectivity index (χ4v) is 3.49. The first-order valence-electron chi connectivity index (χ1n) is 7.32. The number of carboxylic acid groups (broad SMARTS) is 1. The number of carboxylic acids is 1. The second-order valence-corrected chi connectivity index (χ2v) is 8.01. The van der Waals surface area contributed by atoms with E-state index in [2.05, 4.69) is 10.0 Å². The monoisotopic (exact) mass is 376 g/mol. The van der Waals surface area contributed by atoms with Crippen molar-refractivity contribution in [2.75, 3.05) is 11.9 Å². The lowest BCUT2D eigenvalue weighted by atomic mass is 9.98. The summed E-state index contributed by atoms with van der Waals surface area (Å²) in [6.45, 7) is 4.83. The SMILES string of the molecule is CC(=O)Nc1ccc(S(=O)(=O)NCC(CC(C)C)C(=O)O)cc1Cl. The maximum Gasteiger partial charge on any atom is 0.307 e. The summed E-state index contributed by atoms with van der Waals surface area (Å²) in [5, 5.41) is 11.7. The van der Waals surface area contributed by atoms with Crippen LogP contribution in [0.4, 0.5) is 5.69 Å². The average molecular weight is 377 g/mol. The van der Waals surface area contributed by atoms with E-state index in [0.717, 1.165) is 0 Å². The molecule has 0 bridgehead atoms. The van der Waals surface area contributed by atoms with Crippen LogP contribution in [0.5, 0.6) is 0 Å². The van der Waals surface area contributed by atoms with Crippen LogP contribution in [0.25, 0.3) is 0 Å². The highest BCUT2D eigenvalue weighted by Gasteiger charge is 2.23. The predicted molar refractivity (Wildman–Crippen MR) is 91.5 cm³/mol. The molecule has 1 rings (SSSR count). The van der Waals surface area contributed by atoms with Crippen LogP contribution in [0.3, 0.4) is 0 Å². The number of carbonyl (C=O) groups excluding carboxylic acids is 1. The fourth-order valence-electron chi connectivity index (χ4n) is 2.09. The van der Waals surface area contributed by atoms with Gasteiger partial charge in [0.2, 0.25) is 15.9 Å². The number of hydrogen-bond acceptors (Lipinski definition) is 4. The van der Waals surface area contributed by atoms with Crippen LogP contribution in [-0.4, -0.2) is 31.9 Å². The minimum atomic E-state index is -3.90. The molecule has 1 unspecified atom stereocenters. The van der Waals surface area contributed by atoms with Crippen LogP contribution >= 0.6 is 11.6 Å². The second kappa shape index (κ2) is 8.46. The molecule has 0 radical (unpaired) electrons. The predicted octanol–water partition coefficient (Wildman–Crippen LogP) is 2.32. The van der Waals surface area contributed by atoms with Crippen LogP contribution in [0, 0.1) is 11.8 Å². The summed E-state index contributed by atoms with van der Waals surface area (Å²) in [7, 11) is -3.90. The molecule has 24 heavy (non-hydrogen) atoms. The third kappa shape index (κ3) is 6.10. The zero-order valence-electron chi connectivity index (χ0n) is 13.7. The van der Waals surface area contributed by atoms with Crippen molar-refractivity contribution < 1.29 is 23.1 Å². The fraction of sp³-hybridized carbons (Fsp3) is 0.467. The highest BCUT2D eigenvalue weighted by molar-refractivity contribution is 7.89. The summed E-state index contributed by atoms with van der Waals surface area (Å²) >= 11 is 5.96. The number of sulfonamides is 1. The minimum absolute atomic E-state index is 0.0741. The van der Waals surface area contributed by atoms with Crippen molar-refractivity contribution in [1.29, 1.82) is 0 Å². The quantitative estimate of drug-likeness (QED) is 0.644. The van der Waals surface area contributed by atoms with Gasteiger partial charge in [-0.15, -0.1) is 0 Å². The molecule has 0 aliphatic rings. The molecule has 3 N–H and O–H groups in total. The largest absolute Gasteiger partial charge is 0.481 e. The van der Waals surface area contributed by atoms with Crippen LogP contribution in [0.2, 0.25) is 5.02 Å². The van der Waals surface area contributed by atoms with Crippen molar-refractivity contribution in [2.45, 2.75) is 32.1 Å². The van der Waals surface area contributed by atoms with E-state index in [1.807, 2.05) is 13.8 Å². The summed E-state index contributed by atoms with van der Waals surface area (Å²) in [5.74, 6) is -2.06. The maximum atomic E-state index is 12.3. The molecule has 0 fully saturated rings. The van der Waals surface area contributed by atoms with Gasteiger partial charge in [-0.05, 0) is 30.5 Å². The number of benzene rings is 1. The molecule has 1 atom stereocenters. The topological polar surface area (TPSA) is 113 Å². The molecule has 0 saturated carbocycles. The molecule has 0 saturated heterocycles. The Morgan fingerprint density at radius 2 is 1.92 bits per heavy atom. The Bertz CT molecular complexity index is 719. The van der Waals surface area contributed by atoms with E-state index in [0.29, 0.717) is 12.1 Å². The van der Waals surface area contributed by atoms with Gasteiger partial charge in [-0.1, -0.05) is 25.4 Å². The smallest absolute Gasteiger partial charge is 0.307 e. The van der Waals surface area contributed by atoms with Crippen LogP contribution in [0.15, 0.2) is 23.1 Å². The molecule has 9 heteroatoms. The third-order valence-corrected chi connectivity index (χ3v) is 4.92. The zero-order valence-corrected chi connectivity index (χ0v) is 15.2. The van der Waals surface area contributed by atoms with Gasteiger partial charge in [-0.25, -0.2) is 13.1 Å². The van der Waals surface area contributed by atoms with E-state index in [9.17, 15) is 18.0 Å². The lowest BCUT2D eigenvalue weighted by Crippen LogP contribution is -2.33. The molecule has 0 aliphatic heterocycles. The second-order valence-electron chi connectivity index (χ2n) is 5.84. The molecule has 1 aromatic rings. The number of nitrogens with one attached hydrogen (secondary N) is 2. The summed E-state index contributed by atoms with van der Waals surface area (Å²) in [6, 6.07) is 3.87. The molecular formula is C15H21ClN2O5S. The number of carbonyl (C=O) groups is 2. The Morgan fingerprint density at radius 1 is 1.29 bits per heavy atom. The lowest BCUT2D eigenvalue weighted by molar-refractivity contribution is -0.142. The number of anilines is 1. The first-order valence-corrected chi connectivity index (χ1v) is 9.18. The first-order chi connectivity index (χ1) is 11.0. The standard InChI is InChI=1S/C15H21ClN2O5S/c1-9(2)6-11(15(20)21)8-17-24(22,23)12-4-5-14(13(16)7-12)18-10(3)19/h4-5,7,9,11,17H,6,8H2,1-3H3,(H,18,19)(H,20,21). The van der Waals surface area contributed by atoms with Crippen molar-refractivity contribution in [2.24, 2.45) is 11.8 Å². The Labute approximate surface area is 146 Å². The van der Waals surface area contributed by atoms with Gasteiger partial charge in [0.15, 0.2) is 0 Å². The van der Waals surface area contributed by atoms with E-state index >= 15 is 0 Å². The van der Waals surface area contributed by atoms with E-state index < -0.39 is 21.9 Å². The van der Waals surface area contributed by atoms with Gasteiger partial charge in [-0.3, -0.25) is 9.59 Å². The molecule has 0 heterocycles. The number of hydrogen-bond donors (Lipinski definition) is 3. The highest BCUT2D eigenvalue weighted by atomic mass is 35.5. The summed E-state index contributed by atoms with van der Waals surface area (Å²) < 4.78 is 26.9. The van der Waals surface area contributed by atoms with Gasteiger partial charge in [-0.2, -0.15) is 0 Å². The number of halogens is 1. The van der Waals surface area contributed by atoms with E-state index in [-0.39, 0.29) is 28.3 Å². The number of amides is 1. The van der Waals surface area contributed by atoms with Crippen molar-refractivity contribution in [3.05, 3.63) is 23.2 Å². The Hall–Kier alpha value is -1.64. The van der Waals surface area contributed by atoms with E-state index in [1.165, 1.54) is 25.1 Å². The summed E-state index contributed by atoms with van der Waals surface area (Å²) in [5.41, 5.74) is 0.298. The van der Waals surface area contributed by atoms with Crippen LogP contribution < -0.4 is 10.0 Å². The van der Waals surface area contributed by atoms with Gasteiger partial charge in [0.1, 0.15) is 0 Å². The Kier molecular flexibility index (Phi) is 7.19. The van der Waals surface area contributed by atoms with Crippen molar-refractivity contribution in [3.8, 4) is 0 Å². The van der Waals surface area contributed by atoms with Gasteiger partial charge < -0.3 is 10.4 Å². The minimum Gasteiger partial charge on any atom is -0.481 e. The number of aliphatic carboxylic acids is 1. The maximum absolute atomic E-state index is 12.3. The molecule has 0 spiro atoms. The Balaban J connectivity index is 2.90. The third-order valence-electron chi connectivity index (χ3n) is 3.19. The van der Waals surface area contributed by atoms with Gasteiger partial charge in [0.25, 0.3) is 0 Å². The highest BCUT2D eigenvalue weighted by Crippen LogP contribution is 2.25. The summed E-state index contributed by atoms with van der Waals surface area (Å²) in [4.78, 5) is 22.1. The Morgan fingerprint density at radius 3 is 2.38 bits per heavy atom. The molecule has 1 amide bonds. The lowest BCUT2D eigenvalue weighted by Gasteiger charge is -2.16. The van der Waals surface area contributed by atoms with E-state index in [1.54, 1.807) is 0 Å². The van der Waals surface area contributed by atoms with Gasteiger partial charge in [0, 0.05) is 13.5 Å². The zero-order chi connectivity index (χ0) is 18.5. The van der Waals surface area contributed by atoms with Gasteiger partial charge in [0.05, 0.1) is 21.5 Å². The molecule has 1 aromatic carbocycles. The molecular weight excluding hydrogens is 356 g/mol. The molecule has 0 aromatic heterocycles. The molecule has 0 aliphatic carbocycles. The average Bonchev–Trinajstić information content (AvgIpc) is 2.44. The first kappa shape index (κ1) is 20.4. The normalized spacial score (nSPS) is 12.9. The van der Waals surface area contributed by atoms with Crippen LogP contribution in [-0.2, 0) is 19.6 Å². The van der Waals surface area contributed by atoms with Crippen molar-refractivity contribution in [1.82, 2.24) is 4.72 Å². The number of rotatable bonds is 8. The van der Waals surface area contributed by atoms with E-state index in [4.69, 9.17) is 16.7 Å². The van der Waals surface area contributed by atoms with Gasteiger partial charge >= 0.3 is 5.97 Å². The van der Waals surface area contributed by atoms with Crippen molar-refractivity contribution >= 4 is 39.2 Å². The molecule has 134 valence electrons. The van der Waals surface area contributed by atoms with Crippen molar-refractivity contribution in [3.63, 3.8) is 0 Å². The molecule has 7 nitrogen and oxygen atoms in total. The van der Waals surface area contributed by atoms with Crippen LogP contribution in [0.1, 0.15) is 27.2 Å². The summed E-state index contributed by atoms with van der Waals surface area (Å²) in [6.07, 6.45) is 0.361.